The molecule has 0 atom stereocenters. The predicted molar refractivity (Wildman–Crippen MR) is 106 cm³/mol. The average Bonchev–Trinajstić information content (AvgIpc) is 2.52. The maximum Gasteiger partial charge on any atom is 0.305 e. The van der Waals surface area contributed by atoms with E-state index in [0.717, 1.165) is 12.8 Å². The minimum Gasteiger partial charge on any atom is -0.466 e. The number of hydrogen-bond donors (Lipinski definition) is 0. The molecular weight excluding hydrogens is 348 g/mol. The molecule has 27 heavy (non-hydrogen) atoms. The van der Waals surface area contributed by atoms with E-state index in [1.54, 1.807) is 0 Å². The summed E-state index contributed by atoms with van der Waals surface area (Å²) in [5.41, 5.74) is -0.314. The van der Waals surface area contributed by atoms with E-state index >= 15 is 0 Å². The third kappa shape index (κ3) is 21.0. The van der Waals surface area contributed by atoms with E-state index in [2.05, 4.69) is 0 Å². The van der Waals surface area contributed by atoms with Crippen LogP contribution in [0.2, 0.25) is 0 Å². The number of unbranched alkanes of at least 4 members (excludes halogenated alkanes) is 2. The van der Waals surface area contributed by atoms with E-state index in [1.165, 1.54) is 0 Å². The van der Waals surface area contributed by atoms with E-state index in [4.69, 9.17) is 18.9 Å². The molecule has 0 aliphatic carbocycles. The first kappa shape index (κ1) is 25.9. The molecule has 160 valence electrons. The molecular formula is C21H40O6. The Kier molecular flexibility index (Phi) is 13.4. The summed E-state index contributed by atoms with van der Waals surface area (Å²) in [5, 5.41) is 0. The Bertz CT molecular complexity index is 406. The average molecular weight is 389 g/mol. The zero-order valence-electron chi connectivity index (χ0n) is 18.2. The van der Waals surface area contributed by atoms with Gasteiger partial charge in [0.15, 0.2) is 0 Å². The molecule has 0 amide bonds. The summed E-state index contributed by atoms with van der Waals surface area (Å²) >= 11 is 0. The van der Waals surface area contributed by atoms with Crippen molar-refractivity contribution in [2.24, 2.45) is 0 Å². The van der Waals surface area contributed by atoms with Crippen LogP contribution in [-0.2, 0) is 28.5 Å². The van der Waals surface area contributed by atoms with Gasteiger partial charge in [-0.1, -0.05) is 0 Å². The lowest BCUT2D eigenvalue weighted by atomic mass is 10.2. The molecule has 0 spiro atoms. The third-order valence-corrected chi connectivity index (χ3v) is 3.44. The normalized spacial score (nSPS) is 12.1. The van der Waals surface area contributed by atoms with Gasteiger partial charge in [-0.05, 0) is 73.6 Å². The Hall–Kier alpha value is -1.14. The van der Waals surface area contributed by atoms with Crippen LogP contribution < -0.4 is 0 Å². The van der Waals surface area contributed by atoms with Gasteiger partial charge in [0.2, 0.25) is 0 Å². The van der Waals surface area contributed by atoms with Crippen molar-refractivity contribution in [2.45, 2.75) is 97.7 Å². The Morgan fingerprint density at radius 1 is 0.556 bits per heavy atom. The fraction of sp³-hybridized carbons (Fsp3) is 0.905. The van der Waals surface area contributed by atoms with Crippen LogP contribution in [0.5, 0.6) is 0 Å². The van der Waals surface area contributed by atoms with E-state index in [0.29, 0.717) is 58.5 Å². The molecule has 0 aromatic heterocycles. The minimum atomic E-state index is -0.207. The molecule has 0 aromatic rings. The van der Waals surface area contributed by atoms with Crippen molar-refractivity contribution in [1.82, 2.24) is 0 Å². The van der Waals surface area contributed by atoms with Gasteiger partial charge in [-0.15, -0.1) is 0 Å². The van der Waals surface area contributed by atoms with Crippen LogP contribution in [0.15, 0.2) is 0 Å². The quantitative estimate of drug-likeness (QED) is 0.324. The molecule has 6 heteroatoms. The van der Waals surface area contributed by atoms with Crippen LogP contribution in [0, 0.1) is 0 Å². The second-order valence-corrected chi connectivity index (χ2v) is 8.63. The summed E-state index contributed by atoms with van der Waals surface area (Å²) in [6, 6.07) is 0. The highest BCUT2D eigenvalue weighted by molar-refractivity contribution is 5.69. The van der Waals surface area contributed by atoms with Crippen LogP contribution in [0.3, 0.4) is 0 Å². The first-order valence-electron chi connectivity index (χ1n) is 10.1. The maximum atomic E-state index is 11.6. The zero-order chi connectivity index (χ0) is 20.8. The van der Waals surface area contributed by atoms with Crippen molar-refractivity contribution in [1.29, 1.82) is 0 Å². The summed E-state index contributed by atoms with van der Waals surface area (Å²) in [6.07, 6.45) is 4.45. The molecule has 0 N–H and O–H groups in total. The lowest BCUT2D eigenvalue weighted by Crippen LogP contribution is -2.20. The molecule has 6 nitrogen and oxygen atoms in total. The van der Waals surface area contributed by atoms with Crippen molar-refractivity contribution in [3.8, 4) is 0 Å². The number of ether oxygens (including phenoxy) is 4. The van der Waals surface area contributed by atoms with Gasteiger partial charge >= 0.3 is 11.9 Å². The summed E-state index contributed by atoms with van der Waals surface area (Å²) in [6.45, 7) is 13.9. The molecule has 0 saturated carbocycles. The zero-order valence-corrected chi connectivity index (χ0v) is 18.2. The lowest BCUT2D eigenvalue weighted by Gasteiger charge is -2.19. The number of rotatable bonds is 14. The molecule has 0 aliphatic heterocycles. The summed E-state index contributed by atoms with van der Waals surface area (Å²) in [5.74, 6) is -0.386. The number of carbonyl (C=O) groups excluding carboxylic acids is 2. The van der Waals surface area contributed by atoms with E-state index in [1.807, 2.05) is 41.5 Å². The molecule has 0 saturated heterocycles. The van der Waals surface area contributed by atoms with Gasteiger partial charge in [-0.2, -0.15) is 0 Å². The van der Waals surface area contributed by atoms with Gasteiger partial charge in [0.1, 0.15) is 0 Å². The first-order chi connectivity index (χ1) is 12.5. The second-order valence-electron chi connectivity index (χ2n) is 8.63. The van der Waals surface area contributed by atoms with Crippen LogP contribution in [0.1, 0.15) is 86.5 Å². The molecule has 0 aliphatic rings. The van der Waals surface area contributed by atoms with Gasteiger partial charge in [0.25, 0.3) is 0 Å². The predicted octanol–water partition coefficient (Wildman–Crippen LogP) is 4.43. The van der Waals surface area contributed by atoms with Gasteiger partial charge in [0.05, 0.1) is 24.4 Å². The van der Waals surface area contributed by atoms with Crippen LogP contribution in [0.25, 0.3) is 0 Å². The maximum absolute atomic E-state index is 11.6. The molecule has 0 radical (unpaired) electrons. The number of esters is 2. The van der Waals surface area contributed by atoms with E-state index in [9.17, 15) is 9.59 Å². The topological polar surface area (TPSA) is 71.1 Å². The van der Waals surface area contributed by atoms with E-state index < -0.39 is 0 Å². The van der Waals surface area contributed by atoms with Gasteiger partial charge in [0, 0.05) is 26.1 Å². The van der Waals surface area contributed by atoms with Gasteiger partial charge in [-0.25, -0.2) is 0 Å². The minimum absolute atomic E-state index is 0.135. The van der Waals surface area contributed by atoms with E-state index in [-0.39, 0.29) is 23.1 Å². The van der Waals surface area contributed by atoms with Crippen LogP contribution in [0.4, 0.5) is 0 Å². The molecule has 0 unspecified atom stereocenters. The fourth-order valence-electron chi connectivity index (χ4n) is 2.07. The Morgan fingerprint density at radius 3 is 1.37 bits per heavy atom. The van der Waals surface area contributed by atoms with Crippen molar-refractivity contribution >= 4 is 11.9 Å². The second kappa shape index (κ2) is 13.9. The molecule has 0 rings (SSSR count). The number of hydrogen-bond acceptors (Lipinski definition) is 6. The van der Waals surface area contributed by atoms with Crippen LogP contribution in [-0.4, -0.2) is 49.6 Å². The molecule has 0 bridgehead atoms. The van der Waals surface area contributed by atoms with Crippen LogP contribution >= 0.6 is 0 Å². The standard InChI is InChI=1S/C21H40O6/c1-20(2,3)26-16-8-7-12-18(22)24-14-9-10-15-25-19(23)13-11-17-27-21(4,5)6/h7-17H2,1-6H3. The highest BCUT2D eigenvalue weighted by Gasteiger charge is 2.11. The van der Waals surface area contributed by atoms with Crippen molar-refractivity contribution in [3.63, 3.8) is 0 Å². The number of carbonyl (C=O) groups is 2. The molecule has 0 heterocycles. The highest BCUT2D eigenvalue weighted by Crippen LogP contribution is 2.09. The Balaban J connectivity index is 3.42. The lowest BCUT2D eigenvalue weighted by molar-refractivity contribution is -0.146. The van der Waals surface area contributed by atoms with Crippen molar-refractivity contribution in [2.75, 3.05) is 26.4 Å². The Labute approximate surface area is 165 Å². The van der Waals surface area contributed by atoms with Gasteiger partial charge in [-0.3, -0.25) is 9.59 Å². The molecule has 0 aromatic carbocycles. The first-order valence-corrected chi connectivity index (χ1v) is 10.1. The van der Waals surface area contributed by atoms with Gasteiger partial charge < -0.3 is 18.9 Å². The van der Waals surface area contributed by atoms with Crippen molar-refractivity contribution < 1.29 is 28.5 Å². The summed E-state index contributed by atoms with van der Waals surface area (Å²) < 4.78 is 21.5. The largest absolute Gasteiger partial charge is 0.466 e. The summed E-state index contributed by atoms with van der Waals surface area (Å²) in [4.78, 5) is 23.2. The molecule has 0 fully saturated rings. The van der Waals surface area contributed by atoms with Crippen molar-refractivity contribution in [3.05, 3.63) is 0 Å². The highest BCUT2D eigenvalue weighted by atomic mass is 16.5. The SMILES string of the molecule is CC(C)(C)OCCCCC(=O)OCCCCOC(=O)CCCOC(C)(C)C. The fourth-order valence-corrected chi connectivity index (χ4v) is 2.07. The Morgan fingerprint density at radius 2 is 0.926 bits per heavy atom. The smallest absolute Gasteiger partial charge is 0.305 e. The summed E-state index contributed by atoms with van der Waals surface area (Å²) in [7, 11) is 0. The monoisotopic (exact) mass is 388 g/mol. The third-order valence-electron chi connectivity index (χ3n) is 3.44.